The Kier molecular flexibility index (Phi) is 5.15. The second-order valence-electron chi connectivity index (χ2n) is 6.37. The van der Waals surface area contributed by atoms with Crippen molar-refractivity contribution < 1.29 is 13.2 Å². The fourth-order valence-corrected chi connectivity index (χ4v) is 5.09. The highest BCUT2D eigenvalue weighted by molar-refractivity contribution is 7.89. The van der Waals surface area contributed by atoms with E-state index in [1.54, 1.807) is 14.0 Å². The number of hydrogen-bond acceptors (Lipinski definition) is 3. The number of fused-ring (bicyclic) bond motifs is 1. The van der Waals surface area contributed by atoms with Gasteiger partial charge in [-0.1, -0.05) is 47.5 Å². The van der Waals surface area contributed by atoms with Gasteiger partial charge in [-0.25, -0.2) is 13.1 Å². The number of rotatable bonds is 5. The van der Waals surface area contributed by atoms with E-state index in [1.165, 1.54) is 23.3 Å². The molecule has 2 aromatic rings. The predicted octanol–water partition coefficient (Wildman–Crippen LogP) is 3.76. The maximum atomic E-state index is 12.7. The lowest BCUT2D eigenvalue weighted by atomic mass is 10.0. The van der Waals surface area contributed by atoms with Crippen LogP contribution in [0, 0.1) is 6.92 Å². The van der Waals surface area contributed by atoms with Crippen molar-refractivity contribution in [3.63, 3.8) is 0 Å². The molecule has 0 saturated heterocycles. The van der Waals surface area contributed by atoms with E-state index < -0.39 is 15.6 Å². The number of ether oxygens (including phenoxy) is 1. The average Bonchev–Trinajstić information content (AvgIpc) is 2.95. The summed E-state index contributed by atoms with van der Waals surface area (Å²) in [6.45, 7) is 1.90. The zero-order valence-corrected chi connectivity index (χ0v) is 16.3. The molecule has 0 aromatic heterocycles. The number of nitrogens with one attached hydrogen (secondary N) is 1. The van der Waals surface area contributed by atoms with Crippen LogP contribution in [-0.4, -0.2) is 27.7 Å². The van der Waals surface area contributed by atoms with Crippen LogP contribution in [0.5, 0.6) is 0 Å². The normalized spacial score (nSPS) is 16.0. The van der Waals surface area contributed by atoms with Gasteiger partial charge in [0.1, 0.15) is 4.90 Å². The Morgan fingerprint density at radius 1 is 1.12 bits per heavy atom. The summed E-state index contributed by atoms with van der Waals surface area (Å²) in [6.07, 6.45) is 1.32. The van der Waals surface area contributed by atoms with E-state index in [1.807, 2.05) is 24.3 Å². The summed E-state index contributed by atoms with van der Waals surface area (Å²) in [5, 5.41) is 0.535. The molecule has 2 aromatic carbocycles. The molecule has 0 radical (unpaired) electrons. The molecule has 0 fully saturated rings. The molecule has 7 heteroatoms. The molecule has 1 aliphatic carbocycles. The highest BCUT2D eigenvalue weighted by Crippen LogP contribution is 2.33. The number of methoxy groups -OCH3 is 1. The summed E-state index contributed by atoms with van der Waals surface area (Å²) in [5.74, 6) is 0. The minimum absolute atomic E-state index is 0.0258. The minimum Gasteiger partial charge on any atom is -0.376 e. The van der Waals surface area contributed by atoms with E-state index in [0.717, 1.165) is 0 Å². The van der Waals surface area contributed by atoms with Crippen molar-refractivity contribution in [2.45, 2.75) is 30.3 Å². The van der Waals surface area contributed by atoms with Crippen molar-refractivity contribution in [1.82, 2.24) is 4.72 Å². The lowest BCUT2D eigenvalue weighted by Gasteiger charge is -2.27. The number of hydrogen-bond donors (Lipinski definition) is 1. The zero-order valence-electron chi connectivity index (χ0n) is 14.0. The number of halogens is 2. The fourth-order valence-electron chi connectivity index (χ4n) is 3.14. The number of benzene rings is 2. The van der Waals surface area contributed by atoms with Crippen LogP contribution in [0.3, 0.4) is 0 Å². The summed E-state index contributed by atoms with van der Waals surface area (Å²) in [7, 11) is -2.16. The molecule has 1 aliphatic rings. The largest absolute Gasteiger partial charge is 0.376 e. The first-order valence-electron chi connectivity index (χ1n) is 7.84. The van der Waals surface area contributed by atoms with Crippen LogP contribution in [0.15, 0.2) is 41.3 Å². The Morgan fingerprint density at radius 3 is 2.28 bits per heavy atom. The molecular formula is C18H19Cl2NO3S. The van der Waals surface area contributed by atoms with Crippen molar-refractivity contribution >= 4 is 33.2 Å². The molecule has 134 valence electrons. The second kappa shape index (κ2) is 6.89. The van der Waals surface area contributed by atoms with Gasteiger partial charge < -0.3 is 4.74 Å². The van der Waals surface area contributed by atoms with Crippen molar-refractivity contribution in [3.05, 3.63) is 63.1 Å². The Hall–Kier alpha value is -1.11. The van der Waals surface area contributed by atoms with Crippen LogP contribution < -0.4 is 4.72 Å². The quantitative estimate of drug-likeness (QED) is 0.832. The van der Waals surface area contributed by atoms with Crippen LogP contribution in [0.25, 0.3) is 0 Å². The van der Waals surface area contributed by atoms with E-state index in [-0.39, 0.29) is 16.5 Å². The molecule has 3 rings (SSSR count). The van der Waals surface area contributed by atoms with Gasteiger partial charge in [0.2, 0.25) is 10.0 Å². The van der Waals surface area contributed by atoms with Gasteiger partial charge in [-0.05, 0) is 35.7 Å². The smallest absolute Gasteiger partial charge is 0.242 e. The summed E-state index contributed by atoms with van der Waals surface area (Å²) in [6, 6.07) is 11.0. The third-order valence-electron chi connectivity index (χ3n) is 4.66. The number of aryl methyl sites for hydroxylation is 1. The highest BCUT2D eigenvalue weighted by atomic mass is 35.5. The SMILES string of the molecule is COC1(CNS(=O)(=O)c2cc(C)c(Cl)cc2Cl)Cc2ccccc2C1. The Morgan fingerprint density at radius 2 is 1.72 bits per heavy atom. The summed E-state index contributed by atoms with van der Waals surface area (Å²) >= 11 is 12.1. The molecule has 0 saturated carbocycles. The van der Waals surface area contributed by atoms with E-state index in [0.29, 0.717) is 23.4 Å². The van der Waals surface area contributed by atoms with Gasteiger partial charge in [0.05, 0.1) is 10.6 Å². The molecule has 0 spiro atoms. The van der Waals surface area contributed by atoms with Gasteiger partial charge in [-0.15, -0.1) is 0 Å². The topological polar surface area (TPSA) is 55.4 Å². The van der Waals surface area contributed by atoms with Crippen molar-refractivity contribution in [1.29, 1.82) is 0 Å². The van der Waals surface area contributed by atoms with E-state index in [4.69, 9.17) is 27.9 Å². The van der Waals surface area contributed by atoms with Crippen molar-refractivity contribution in [3.8, 4) is 0 Å². The van der Waals surface area contributed by atoms with Crippen molar-refractivity contribution in [2.75, 3.05) is 13.7 Å². The van der Waals surface area contributed by atoms with Crippen LogP contribution in [-0.2, 0) is 27.6 Å². The zero-order chi connectivity index (χ0) is 18.2. The Labute approximate surface area is 158 Å². The first-order valence-corrected chi connectivity index (χ1v) is 10.1. The lowest BCUT2D eigenvalue weighted by Crippen LogP contribution is -2.45. The molecule has 0 unspecified atom stereocenters. The standard InChI is InChI=1S/C18H19Cl2NO3S/c1-12-7-17(16(20)8-15(12)19)25(22,23)21-11-18(24-2)9-13-5-3-4-6-14(13)10-18/h3-8,21H,9-11H2,1-2H3. The summed E-state index contributed by atoms with van der Waals surface area (Å²) < 4.78 is 33.8. The molecule has 1 N–H and O–H groups in total. The molecule has 25 heavy (non-hydrogen) atoms. The fraction of sp³-hybridized carbons (Fsp3) is 0.333. The van der Waals surface area contributed by atoms with E-state index in [9.17, 15) is 8.42 Å². The van der Waals surface area contributed by atoms with Gasteiger partial charge in [-0.2, -0.15) is 0 Å². The second-order valence-corrected chi connectivity index (χ2v) is 8.92. The average molecular weight is 400 g/mol. The van der Waals surface area contributed by atoms with Gasteiger partial charge in [0, 0.05) is 31.5 Å². The highest BCUT2D eigenvalue weighted by Gasteiger charge is 2.38. The first-order chi connectivity index (χ1) is 11.8. The Bertz CT molecular complexity index is 888. The minimum atomic E-state index is -3.77. The van der Waals surface area contributed by atoms with Crippen LogP contribution >= 0.6 is 23.2 Å². The third-order valence-corrected chi connectivity index (χ3v) is 6.94. The van der Waals surface area contributed by atoms with Crippen LogP contribution in [0.2, 0.25) is 10.0 Å². The summed E-state index contributed by atoms with van der Waals surface area (Å²) in [4.78, 5) is 0.0258. The van der Waals surface area contributed by atoms with Gasteiger partial charge >= 0.3 is 0 Å². The van der Waals surface area contributed by atoms with E-state index >= 15 is 0 Å². The molecule has 4 nitrogen and oxygen atoms in total. The maximum Gasteiger partial charge on any atom is 0.242 e. The number of sulfonamides is 1. The van der Waals surface area contributed by atoms with Crippen molar-refractivity contribution in [2.24, 2.45) is 0 Å². The van der Waals surface area contributed by atoms with Gasteiger partial charge in [-0.3, -0.25) is 0 Å². The lowest BCUT2D eigenvalue weighted by molar-refractivity contribution is 0.00378. The molecule has 0 atom stereocenters. The van der Waals surface area contributed by atoms with Crippen LogP contribution in [0.4, 0.5) is 0 Å². The first kappa shape index (κ1) is 18.7. The predicted molar refractivity (Wildman–Crippen MR) is 100.0 cm³/mol. The summed E-state index contributed by atoms with van der Waals surface area (Å²) in [5.41, 5.74) is 2.43. The monoisotopic (exact) mass is 399 g/mol. The molecule has 0 heterocycles. The van der Waals surface area contributed by atoms with E-state index in [2.05, 4.69) is 4.72 Å². The maximum absolute atomic E-state index is 12.7. The molecule has 0 aliphatic heterocycles. The van der Waals surface area contributed by atoms with Gasteiger partial charge in [0.25, 0.3) is 0 Å². The third kappa shape index (κ3) is 3.71. The molecular weight excluding hydrogens is 381 g/mol. The molecule has 0 amide bonds. The van der Waals surface area contributed by atoms with Gasteiger partial charge in [0.15, 0.2) is 0 Å². The molecule has 0 bridgehead atoms. The Balaban J connectivity index is 1.82. The van der Waals surface area contributed by atoms with Crippen LogP contribution in [0.1, 0.15) is 16.7 Å².